The summed E-state index contributed by atoms with van der Waals surface area (Å²) < 4.78 is 0. The minimum atomic E-state index is 0.0553. The first-order valence-corrected chi connectivity index (χ1v) is 6.01. The van der Waals surface area contributed by atoms with Gasteiger partial charge >= 0.3 is 0 Å². The van der Waals surface area contributed by atoms with Gasteiger partial charge < -0.3 is 0 Å². The van der Waals surface area contributed by atoms with Crippen LogP contribution in [0.25, 0.3) is 0 Å². The molecule has 1 aliphatic heterocycles. The van der Waals surface area contributed by atoms with E-state index in [0.717, 1.165) is 5.56 Å². The summed E-state index contributed by atoms with van der Waals surface area (Å²) in [6.45, 7) is 0. The first-order chi connectivity index (χ1) is 7.22. The number of carbonyl (C=O) groups is 1. The summed E-state index contributed by atoms with van der Waals surface area (Å²) in [5, 5.41) is 2.41. The van der Waals surface area contributed by atoms with E-state index in [4.69, 9.17) is 11.6 Å². The maximum Gasteiger partial charge on any atom is 0.248 e. The van der Waals surface area contributed by atoms with Crippen molar-refractivity contribution in [3.05, 3.63) is 34.9 Å². The fourth-order valence-electron chi connectivity index (χ4n) is 1.54. The second-order valence-electron chi connectivity index (χ2n) is 3.20. The Bertz CT molecular complexity index is 368. The molecule has 0 saturated carbocycles. The van der Waals surface area contributed by atoms with E-state index in [0.29, 0.717) is 10.8 Å². The number of thioether (sulfide) groups is 1. The predicted molar refractivity (Wildman–Crippen MR) is 62.6 cm³/mol. The van der Waals surface area contributed by atoms with Gasteiger partial charge in [0.25, 0.3) is 0 Å². The van der Waals surface area contributed by atoms with Crippen molar-refractivity contribution in [1.82, 2.24) is 10.4 Å². The van der Waals surface area contributed by atoms with Gasteiger partial charge in [-0.3, -0.25) is 9.80 Å². The number of amides is 1. The van der Waals surface area contributed by atoms with E-state index in [1.165, 1.54) is 0 Å². The summed E-state index contributed by atoms with van der Waals surface area (Å²) in [6, 6.07) is 7.58. The highest BCUT2D eigenvalue weighted by Gasteiger charge is 2.31. The average molecular weight is 243 g/mol. The van der Waals surface area contributed by atoms with Gasteiger partial charge in [0, 0.05) is 12.1 Å². The summed E-state index contributed by atoms with van der Waals surface area (Å²) in [4.78, 5) is 11.5. The summed E-state index contributed by atoms with van der Waals surface area (Å²) >= 11 is 7.43. The van der Waals surface area contributed by atoms with Crippen LogP contribution in [-0.4, -0.2) is 23.7 Å². The minimum absolute atomic E-state index is 0.0553. The summed E-state index contributed by atoms with van der Waals surface area (Å²) in [6.07, 6.45) is 0. The minimum Gasteiger partial charge on any atom is -0.272 e. The van der Waals surface area contributed by atoms with Crippen LogP contribution in [0.15, 0.2) is 24.3 Å². The lowest BCUT2D eigenvalue weighted by Gasteiger charge is -2.22. The fraction of sp³-hybridized carbons (Fsp3) is 0.300. The molecule has 3 nitrogen and oxygen atoms in total. The molecule has 1 aromatic rings. The van der Waals surface area contributed by atoms with Gasteiger partial charge in [-0.1, -0.05) is 23.7 Å². The highest BCUT2D eigenvalue weighted by atomic mass is 35.5. The third-order valence-corrected chi connectivity index (χ3v) is 3.73. The number of benzene rings is 1. The van der Waals surface area contributed by atoms with Crippen LogP contribution in [0.5, 0.6) is 0 Å². The van der Waals surface area contributed by atoms with E-state index in [2.05, 4.69) is 5.43 Å². The molecule has 1 aromatic carbocycles. The molecule has 1 amide bonds. The number of nitrogens with zero attached hydrogens (tertiary/aromatic N) is 1. The molecule has 2 rings (SSSR count). The number of carbonyl (C=O) groups excluding carboxylic acids is 1. The van der Waals surface area contributed by atoms with E-state index >= 15 is 0 Å². The van der Waals surface area contributed by atoms with Crippen molar-refractivity contribution in [2.45, 2.75) is 5.37 Å². The molecule has 0 aromatic heterocycles. The zero-order chi connectivity index (χ0) is 10.8. The molecular weight excluding hydrogens is 232 g/mol. The molecule has 1 aliphatic rings. The summed E-state index contributed by atoms with van der Waals surface area (Å²) in [5.41, 5.74) is 3.99. The fourth-order valence-corrected chi connectivity index (χ4v) is 2.83. The Kier molecular flexibility index (Phi) is 3.19. The van der Waals surface area contributed by atoms with E-state index in [1.54, 1.807) is 23.8 Å². The summed E-state index contributed by atoms with van der Waals surface area (Å²) in [5.74, 6) is 0.635. The normalized spacial score (nSPS) is 21.1. The van der Waals surface area contributed by atoms with E-state index in [9.17, 15) is 4.79 Å². The van der Waals surface area contributed by atoms with Crippen molar-refractivity contribution in [3.8, 4) is 0 Å². The SMILES string of the molecule is CNN1C(=O)CSC1c1ccc(Cl)cc1. The molecule has 0 spiro atoms. The zero-order valence-electron chi connectivity index (χ0n) is 8.24. The quantitative estimate of drug-likeness (QED) is 0.862. The number of rotatable bonds is 2. The lowest BCUT2D eigenvalue weighted by molar-refractivity contribution is -0.130. The molecule has 1 atom stereocenters. The van der Waals surface area contributed by atoms with Gasteiger partial charge in [0.15, 0.2) is 0 Å². The molecule has 15 heavy (non-hydrogen) atoms. The van der Waals surface area contributed by atoms with Gasteiger partial charge in [-0.05, 0) is 17.7 Å². The number of hydrogen-bond acceptors (Lipinski definition) is 3. The average Bonchev–Trinajstić information content (AvgIpc) is 2.61. The van der Waals surface area contributed by atoms with E-state index in [-0.39, 0.29) is 11.3 Å². The first kappa shape index (κ1) is 10.8. The highest BCUT2D eigenvalue weighted by Crippen LogP contribution is 2.37. The Labute approximate surface area is 97.8 Å². The Morgan fingerprint density at radius 3 is 2.73 bits per heavy atom. The first-order valence-electron chi connectivity index (χ1n) is 4.59. The Morgan fingerprint density at radius 1 is 1.47 bits per heavy atom. The lowest BCUT2D eigenvalue weighted by Crippen LogP contribution is -2.38. The van der Waals surface area contributed by atoms with Gasteiger partial charge in [-0.25, -0.2) is 5.43 Å². The van der Waals surface area contributed by atoms with Crippen LogP contribution in [0.1, 0.15) is 10.9 Å². The van der Waals surface area contributed by atoms with Crippen LogP contribution in [0.3, 0.4) is 0 Å². The third kappa shape index (κ3) is 2.12. The van der Waals surface area contributed by atoms with Gasteiger partial charge in [0.2, 0.25) is 5.91 Å². The molecule has 1 fully saturated rings. The van der Waals surface area contributed by atoms with Gasteiger partial charge in [-0.2, -0.15) is 0 Å². The maximum atomic E-state index is 11.5. The molecular formula is C10H11ClN2OS. The number of hydrogen-bond donors (Lipinski definition) is 1. The van der Waals surface area contributed by atoms with Crippen molar-refractivity contribution < 1.29 is 4.79 Å². The Hall–Kier alpha value is -0.710. The standard InChI is InChI=1S/C10H11ClN2OS/c1-12-13-9(14)6-15-10(13)7-2-4-8(11)5-3-7/h2-5,10,12H,6H2,1H3. The topological polar surface area (TPSA) is 32.3 Å². The Morgan fingerprint density at radius 2 is 2.13 bits per heavy atom. The van der Waals surface area contributed by atoms with Crippen LogP contribution in [0.4, 0.5) is 0 Å². The molecule has 1 heterocycles. The molecule has 80 valence electrons. The number of halogens is 1. The van der Waals surface area contributed by atoms with Crippen LogP contribution in [-0.2, 0) is 4.79 Å². The van der Waals surface area contributed by atoms with Gasteiger partial charge in [0.1, 0.15) is 5.37 Å². The predicted octanol–water partition coefficient (Wildman–Crippen LogP) is 2.05. The summed E-state index contributed by atoms with van der Waals surface area (Å²) in [7, 11) is 1.76. The zero-order valence-corrected chi connectivity index (χ0v) is 9.81. The van der Waals surface area contributed by atoms with Crippen molar-refractivity contribution in [3.63, 3.8) is 0 Å². The molecule has 0 bridgehead atoms. The molecule has 0 aliphatic carbocycles. The van der Waals surface area contributed by atoms with E-state index < -0.39 is 0 Å². The van der Waals surface area contributed by atoms with Crippen LogP contribution < -0.4 is 5.43 Å². The van der Waals surface area contributed by atoms with Crippen LogP contribution in [0, 0.1) is 0 Å². The highest BCUT2D eigenvalue weighted by molar-refractivity contribution is 8.00. The molecule has 1 saturated heterocycles. The molecule has 5 heteroatoms. The van der Waals surface area contributed by atoms with Gasteiger partial charge in [-0.15, -0.1) is 11.8 Å². The number of hydrazine groups is 1. The van der Waals surface area contributed by atoms with Crippen molar-refractivity contribution in [2.75, 3.05) is 12.8 Å². The van der Waals surface area contributed by atoms with Crippen molar-refractivity contribution in [2.24, 2.45) is 0 Å². The lowest BCUT2D eigenvalue weighted by atomic mass is 10.2. The molecule has 0 radical (unpaired) electrons. The monoisotopic (exact) mass is 242 g/mol. The molecule has 1 unspecified atom stereocenters. The van der Waals surface area contributed by atoms with Crippen LogP contribution >= 0.6 is 23.4 Å². The van der Waals surface area contributed by atoms with Gasteiger partial charge in [0.05, 0.1) is 5.75 Å². The second-order valence-corrected chi connectivity index (χ2v) is 4.71. The third-order valence-electron chi connectivity index (χ3n) is 2.26. The van der Waals surface area contributed by atoms with Crippen molar-refractivity contribution in [1.29, 1.82) is 0 Å². The number of nitrogens with one attached hydrogen (secondary N) is 1. The second kappa shape index (κ2) is 4.43. The van der Waals surface area contributed by atoms with E-state index in [1.807, 2.05) is 24.3 Å². The Balaban J connectivity index is 2.23. The van der Waals surface area contributed by atoms with Crippen LogP contribution in [0.2, 0.25) is 5.02 Å². The largest absolute Gasteiger partial charge is 0.272 e. The molecule has 1 N–H and O–H groups in total. The maximum absolute atomic E-state index is 11.5. The van der Waals surface area contributed by atoms with Crippen molar-refractivity contribution >= 4 is 29.3 Å². The smallest absolute Gasteiger partial charge is 0.248 e.